The lowest BCUT2D eigenvalue weighted by molar-refractivity contribution is 0.0118. The Hall–Kier alpha value is -4.25. The Morgan fingerprint density at radius 2 is 1.79 bits per heavy atom. The Labute approximate surface area is 251 Å². The van der Waals surface area contributed by atoms with Crippen molar-refractivity contribution >= 4 is 52.4 Å². The number of para-hydroxylation sites is 1. The molecule has 3 aromatic rings. The summed E-state index contributed by atoms with van der Waals surface area (Å²) in [6.07, 6.45) is 1.99. The van der Waals surface area contributed by atoms with E-state index in [2.05, 4.69) is 30.8 Å². The van der Waals surface area contributed by atoms with Crippen LogP contribution in [-0.2, 0) is 0 Å². The van der Waals surface area contributed by atoms with Gasteiger partial charge in [0, 0.05) is 43.0 Å². The molecule has 2 heterocycles. The van der Waals surface area contributed by atoms with Gasteiger partial charge in [-0.3, -0.25) is 9.69 Å². The van der Waals surface area contributed by atoms with Crippen LogP contribution in [0.4, 0.5) is 33.6 Å². The molecule has 0 bridgehead atoms. The van der Waals surface area contributed by atoms with Crippen LogP contribution in [0.25, 0.3) is 0 Å². The first-order valence-corrected chi connectivity index (χ1v) is 14.1. The molecule has 4 rings (SSSR count). The summed E-state index contributed by atoms with van der Waals surface area (Å²) >= 11 is 6.38. The second-order valence-electron chi connectivity index (χ2n) is 11.4. The van der Waals surface area contributed by atoms with E-state index in [4.69, 9.17) is 16.3 Å². The Morgan fingerprint density at radius 3 is 2.40 bits per heavy atom. The first-order chi connectivity index (χ1) is 19.9. The Kier molecular flexibility index (Phi) is 9.00. The van der Waals surface area contributed by atoms with Crippen molar-refractivity contribution in [1.82, 2.24) is 20.2 Å². The van der Waals surface area contributed by atoms with Crippen molar-refractivity contribution in [3.05, 3.63) is 59.2 Å². The molecule has 1 saturated heterocycles. The van der Waals surface area contributed by atoms with Crippen molar-refractivity contribution in [2.24, 2.45) is 0 Å². The smallest absolute Gasteiger partial charge is 0.408 e. The highest BCUT2D eigenvalue weighted by Crippen LogP contribution is 2.38. The Balaban J connectivity index is 1.51. The minimum atomic E-state index is -0.894. The van der Waals surface area contributed by atoms with Gasteiger partial charge in [0.2, 0.25) is 5.95 Å². The molecular formula is C30H38ClN7O4. The number of carboxylic acid groups (broad SMARTS) is 1. The molecule has 0 spiro atoms. The fourth-order valence-corrected chi connectivity index (χ4v) is 5.60. The van der Waals surface area contributed by atoms with Crippen LogP contribution in [-0.4, -0.2) is 70.3 Å². The summed E-state index contributed by atoms with van der Waals surface area (Å²) in [5.41, 5.74) is 1.69. The van der Waals surface area contributed by atoms with Crippen LogP contribution in [0.3, 0.4) is 0 Å². The van der Waals surface area contributed by atoms with Crippen molar-refractivity contribution in [3.63, 3.8) is 0 Å². The molecule has 1 aliphatic rings. The predicted molar refractivity (Wildman–Crippen MR) is 166 cm³/mol. The van der Waals surface area contributed by atoms with Crippen molar-refractivity contribution in [2.75, 3.05) is 42.8 Å². The van der Waals surface area contributed by atoms with Gasteiger partial charge in [-0.05, 0) is 64.8 Å². The van der Waals surface area contributed by atoms with E-state index in [1.165, 1.54) is 6.20 Å². The third-order valence-electron chi connectivity index (χ3n) is 7.44. The highest BCUT2D eigenvalue weighted by Gasteiger charge is 2.44. The number of rotatable bonds is 8. The molecule has 4 N–H and O–H groups in total. The van der Waals surface area contributed by atoms with E-state index in [-0.39, 0.29) is 11.9 Å². The number of ether oxygens (including phenoxy) is 1. The first-order valence-electron chi connectivity index (χ1n) is 13.7. The molecular weight excluding hydrogens is 558 g/mol. The predicted octanol–water partition coefficient (Wildman–Crippen LogP) is 6.12. The van der Waals surface area contributed by atoms with Gasteiger partial charge >= 0.3 is 6.09 Å². The van der Waals surface area contributed by atoms with Crippen LogP contribution >= 0.6 is 11.6 Å². The summed E-state index contributed by atoms with van der Waals surface area (Å²) in [6, 6.07) is 12.9. The first kappa shape index (κ1) is 30.7. The number of amides is 2. The number of benzene rings is 2. The molecule has 0 unspecified atom stereocenters. The maximum Gasteiger partial charge on any atom is 0.408 e. The summed E-state index contributed by atoms with van der Waals surface area (Å²) in [5.74, 6) is 0.983. The molecule has 0 atom stereocenters. The number of aromatic nitrogens is 2. The van der Waals surface area contributed by atoms with Crippen LogP contribution in [0.1, 0.15) is 50.9 Å². The molecule has 0 saturated carbocycles. The number of nitrogens with zero attached hydrogens (tertiary/aromatic N) is 4. The van der Waals surface area contributed by atoms with E-state index in [1.54, 1.807) is 37.3 Å². The molecule has 1 aliphatic heterocycles. The largest absolute Gasteiger partial charge is 0.494 e. The quantitative estimate of drug-likeness (QED) is 0.243. The molecule has 42 heavy (non-hydrogen) atoms. The SMILES string of the molecule is CNC(=O)c1ccccc1Nc1nc(Nc2ccc(N3CCC(C)(N(C(=O)O)C(C)(C)C)CC3)cc2OC)ncc1Cl. The van der Waals surface area contributed by atoms with E-state index < -0.39 is 17.2 Å². The van der Waals surface area contributed by atoms with Crippen LogP contribution in [0.15, 0.2) is 48.7 Å². The molecule has 11 nitrogen and oxygen atoms in total. The summed E-state index contributed by atoms with van der Waals surface area (Å²) in [4.78, 5) is 37.1. The fraction of sp³-hybridized carbons (Fsp3) is 0.400. The van der Waals surface area contributed by atoms with E-state index in [1.807, 2.05) is 52.0 Å². The van der Waals surface area contributed by atoms with Gasteiger partial charge in [-0.1, -0.05) is 23.7 Å². The van der Waals surface area contributed by atoms with Crippen LogP contribution in [0.2, 0.25) is 5.02 Å². The molecule has 2 amide bonds. The van der Waals surface area contributed by atoms with Gasteiger partial charge in [0.05, 0.1) is 30.2 Å². The average molecular weight is 596 g/mol. The zero-order chi connectivity index (χ0) is 30.7. The van der Waals surface area contributed by atoms with E-state index in [0.717, 1.165) is 5.69 Å². The van der Waals surface area contributed by atoms with Crippen LogP contribution in [0, 0.1) is 0 Å². The normalized spacial score (nSPS) is 14.6. The number of hydrogen-bond donors (Lipinski definition) is 4. The average Bonchev–Trinajstić information content (AvgIpc) is 2.94. The number of carbonyl (C=O) groups is 2. The van der Waals surface area contributed by atoms with Gasteiger partial charge < -0.3 is 30.7 Å². The maximum atomic E-state index is 12.3. The number of methoxy groups -OCH3 is 1. The molecule has 0 radical (unpaired) electrons. The third-order valence-corrected chi connectivity index (χ3v) is 7.71. The fourth-order valence-electron chi connectivity index (χ4n) is 5.47. The van der Waals surface area contributed by atoms with Crippen molar-refractivity contribution in [2.45, 2.75) is 51.6 Å². The Bertz CT molecular complexity index is 1450. The monoisotopic (exact) mass is 595 g/mol. The number of halogens is 1. The number of anilines is 5. The van der Waals surface area contributed by atoms with Gasteiger partial charge in [0.15, 0.2) is 5.82 Å². The summed E-state index contributed by atoms with van der Waals surface area (Å²) in [7, 11) is 3.16. The van der Waals surface area contributed by atoms with Crippen molar-refractivity contribution in [3.8, 4) is 5.75 Å². The minimum Gasteiger partial charge on any atom is -0.494 e. The van der Waals surface area contributed by atoms with Crippen molar-refractivity contribution < 1.29 is 19.4 Å². The summed E-state index contributed by atoms with van der Waals surface area (Å²) < 4.78 is 5.69. The zero-order valence-electron chi connectivity index (χ0n) is 24.8. The van der Waals surface area contributed by atoms with Crippen LogP contribution < -0.4 is 25.6 Å². The topological polar surface area (TPSA) is 132 Å². The number of nitrogens with one attached hydrogen (secondary N) is 3. The number of piperidine rings is 1. The number of carbonyl (C=O) groups excluding carboxylic acids is 1. The lowest BCUT2D eigenvalue weighted by Crippen LogP contribution is -2.61. The lowest BCUT2D eigenvalue weighted by Gasteiger charge is -2.51. The summed E-state index contributed by atoms with van der Waals surface area (Å²) in [6.45, 7) is 9.25. The lowest BCUT2D eigenvalue weighted by atomic mass is 9.84. The molecule has 1 aromatic heterocycles. The molecule has 2 aromatic carbocycles. The standard InChI is InChI=1S/C30H38ClN7O4/c1-29(2,3)38(28(40)41)30(4)13-15-37(16-14-30)19-11-12-23(24(17-19)42-6)35-27-33-18-21(31)25(36-27)34-22-10-8-7-9-20(22)26(39)32-5/h7-12,17-18H,13-16H2,1-6H3,(H,32,39)(H,40,41)(H2,33,34,35,36). The minimum absolute atomic E-state index is 0.238. The van der Waals surface area contributed by atoms with Gasteiger partial charge in [-0.15, -0.1) is 0 Å². The van der Waals surface area contributed by atoms with Crippen molar-refractivity contribution in [1.29, 1.82) is 0 Å². The molecule has 224 valence electrons. The highest BCUT2D eigenvalue weighted by molar-refractivity contribution is 6.33. The van der Waals surface area contributed by atoms with Gasteiger partial charge in [-0.25, -0.2) is 9.78 Å². The third kappa shape index (κ3) is 6.62. The van der Waals surface area contributed by atoms with Gasteiger partial charge in [0.25, 0.3) is 5.91 Å². The van der Waals surface area contributed by atoms with E-state index >= 15 is 0 Å². The second-order valence-corrected chi connectivity index (χ2v) is 11.8. The Morgan fingerprint density at radius 1 is 1.10 bits per heavy atom. The molecule has 12 heteroatoms. The van der Waals surface area contributed by atoms with E-state index in [9.17, 15) is 14.7 Å². The maximum absolute atomic E-state index is 12.3. The second kappa shape index (κ2) is 12.3. The molecule has 1 fully saturated rings. The van der Waals surface area contributed by atoms with Crippen LogP contribution in [0.5, 0.6) is 5.75 Å². The van der Waals surface area contributed by atoms with E-state index in [0.29, 0.717) is 59.5 Å². The highest BCUT2D eigenvalue weighted by atomic mass is 35.5. The summed E-state index contributed by atoms with van der Waals surface area (Å²) in [5, 5.41) is 19.2. The zero-order valence-corrected chi connectivity index (χ0v) is 25.5. The number of hydrogen-bond acceptors (Lipinski definition) is 8. The molecule has 0 aliphatic carbocycles. The van der Waals surface area contributed by atoms with Gasteiger partial charge in [0.1, 0.15) is 10.8 Å². The van der Waals surface area contributed by atoms with Gasteiger partial charge in [-0.2, -0.15) is 4.98 Å².